The number of anilines is 1. The van der Waals surface area contributed by atoms with Crippen LogP contribution in [-0.4, -0.2) is 24.5 Å². The Kier molecular flexibility index (Phi) is 4.74. The fraction of sp³-hybridized carbons (Fsp3) is 0.350. The van der Waals surface area contributed by atoms with Gasteiger partial charge in [-0.1, -0.05) is 18.2 Å². The van der Waals surface area contributed by atoms with Gasteiger partial charge in [-0.3, -0.25) is 4.79 Å². The van der Waals surface area contributed by atoms with Crippen LogP contribution in [0.25, 0.3) is 0 Å². The van der Waals surface area contributed by atoms with E-state index < -0.39 is 0 Å². The number of nitrogens with one attached hydrogen (secondary N) is 1. The number of para-hydroxylation sites is 1. The average molecular weight is 324 g/mol. The number of carbonyl (C=O) groups excluding carboxylic acids is 1. The first-order chi connectivity index (χ1) is 11.5. The standard InChI is InChI=1S/C20H24N2O2/c1-16(23)21-20(2)13-6-14-22(15-20)17-9-11-19(12-10-17)24-18-7-4-3-5-8-18/h3-5,7-12H,6,13-15H2,1-2H3,(H,21,23). The van der Waals surface area contributed by atoms with Gasteiger partial charge in [-0.2, -0.15) is 0 Å². The summed E-state index contributed by atoms with van der Waals surface area (Å²) < 4.78 is 5.84. The summed E-state index contributed by atoms with van der Waals surface area (Å²) in [6.07, 6.45) is 2.08. The number of piperidine rings is 1. The summed E-state index contributed by atoms with van der Waals surface area (Å²) in [4.78, 5) is 13.8. The van der Waals surface area contributed by atoms with Crippen LogP contribution in [0.5, 0.6) is 11.5 Å². The molecular weight excluding hydrogens is 300 g/mol. The van der Waals surface area contributed by atoms with E-state index in [4.69, 9.17) is 4.74 Å². The van der Waals surface area contributed by atoms with Crippen molar-refractivity contribution in [3.63, 3.8) is 0 Å². The Morgan fingerprint density at radius 1 is 1.08 bits per heavy atom. The second-order valence-corrected chi connectivity index (χ2v) is 6.68. The Labute approximate surface area is 143 Å². The van der Waals surface area contributed by atoms with E-state index in [0.29, 0.717) is 0 Å². The number of hydrogen-bond donors (Lipinski definition) is 1. The molecule has 1 N–H and O–H groups in total. The van der Waals surface area contributed by atoms with Gasteiger partial charge in [0.1, 0.15) is 11.5 Å². The van der Waals surface area contributed by atoms with E-state index in [-0.39, 0.29) is 11.4 Å². The summed E-state index contributed by atoms with van der Waals surface area (Å²) in [7, 11) is 0. The summed E-state index contributed by atoms with van der Waals surface area (Å²) in [5, 5.41) is 3.10. The fourth-order valence-electron chi connectivity index (χ4n) is 3.34. The lowest BCUT2D eigenvalue weighted by Crippen LogP contribution is -2.56. The second kappa shape index (κ2) is 6.95. The van der Waals surface area contributed by atoms with Crippen LogP contribution in [0, 0.1) is 0 Å². The Hall–Kier alpha value is -2.49. The highest BCUT2D eigenvalue weighted by Gasteiger charge is 2.31. The van der Waals surface area contributed by atoms with Crippen LogP contribution in [0.1, 0.15) is 26.7 Å². The minimum absolute atomic E-state index is 0.0333. The van der Waals surface area contributed by atoms with Crippen molar-refractivity contribution >= 4 is 11.6 Å². The molecule has 0 bridgehead atoms. The molecule has 3 rings (SSSR count). The van der Waals surface area contributed by atoms with Gasteiger partial charge >= 0.3 is 0 Å². The first kappa shape index (κ1) is 16.4. The summed E-state index contributed by atoms with van der Waals surface area (Å²) in [6.45, 7) is 5.53. The maximum atomic E-state index is 11.4. The number of ether oxygens (including phenoxy) is 1. The van der Waals surface area contributed by atoms with Crippen LogP contribution < -0.4 is 15.0 Å². The third-order valence-electron chi connectivity index (χ3n) is 4.36. The third-order valence-corrected chi connectivity index (χ3v) is 4.36. The third kappa shape index (κ3) is 4.07. The largest absolute Gasteiger partial charge is 0.457 e. The van der Waals surface area contributed by atoms with Crippen LogP contribution in [0.15, 0.2) is 54.6 Å². The van der Waals surface area contributed by atoms with E-state index in [1.165, 1.54) is 0 Å². The minimum atomic E-state index is -0.163. The lowest BCUT2D eigenvalue weighted by atomic mass is 9.90. The highest BCUT2D eigenvalue weighted by atomic mass is 16.5. The lowest BCUT2D eigenvalue weighted by Gasteiger charge is -2.42. The highest BCUT2D eigenvalue weighted by molar-refractivity contribution is 5.74. The Bertz CT molecular complexity index is 685. The second-order valence-electron chi connectivity index (χ2n) is 6.68. The number of benzene rings is 2. The molecule has 1 aliphatic rings. The van der Waals surface area contributed by atoms with E-state index in [1.54, 1.807) is 6.92 Å². The van der Waals surface area contributed by atoms with E-state index in [0.717, 1.165) is 43.1 Å². The molecular formula is C20H24N2O2. The number of rotatable bonds is 4. The summed E-state index contributed by atoms with van der Waals surface area (Å²) in [5.74, 6) is 1.69. The van der Waals surface area contributed by atoms with Gasteiger partial charge in [-0.25, -0.2) is 0 Å². The molecule has 4 heteroatoms. The maximum Gasteiger partial charge on any atom is 0.217 e. The first-order valence-corrected chi connectivity index (χ1v) is 8.41. The van der Waals surface area contributed by atoms with Crippen LogP contribution in [-0.2, 0) is 4.79 Å². The molecule has 0 aliphatic carbocycles. The van der Waals surface area contributed by atoms with Gasteiger partial charge in [-0.05, 0) is 56.2 Å². The Morgan fingerprint density at radius 3 is 2.42 bits per heavy atom. The van der Waals surface area contributed by atoms with Crippen LogP contribution in [0.4, 0.5) is 5.69 Å². The zero-order valence-corrected chi connectivity index (χ0v) is 14.3. The van der Waals surface area contributed by atoms with Gasteiger partial charge in [0.2, 0.25) is 5.91 Å². The summed E-state index contributed by atoms with van der Waals surface area (Å²) in [5.41, 5.74) is 0.996. The van der Waals surface area contributed by atoms with Crippen molar-refractivity contribution in [3.05, 3.63) is 54.6 Å². The van der Waals surface area contributed by atoms with Gasteiger partial charge in [0.05, 0.1) is 5.54 Å². The molecule has 1 aliphatic heterocycles. The first-order valence-electron chi connectivity index (χ1n) is 8.41. The molecule has 0 aromatic heterocycles. The van der Waals surface area contributed by atoms with Crippen molar-refractivity contribution in [3.8, 4) is 11.5 Å². The number of carbonyl (C=O) groups is 1. The number of hydrogen-bond acceptors (Lipinski definition) is 3. The van der Waals surface area contributed by atoms with Gasteiger partial charge in [-0.15, -0.1) is 0 Å². The predicted octanol–water partition coefficient (Wildman–Crippen LogP) is 3.97. The summed E-state index contributed by atoms with van der Waals surface area (Å²) >= 11 is 0. The number of amides is 1. The zero-order chi connectivity index (χ0) is 17.0. The topological polar surface area (TPSA) is 41.6 Å². The molecule has 1 saturated heterocycles. The van der Waals surface area contributed by atoms with E-state index in [2.05, 4.69) is 29.3 Å². The van der Waals surface area contributed by atoms with Crippen molar-refractivity contribution in [2.75, 3.05) is 18.0 Å². The molecule has 24 heavy (non-hydrogen) atoms. The van der Waals surface area contributed by atoms with Crippen LogP contribution in [0.2, 0.25) is 0 Å². The lowest BCUT2D eigenvalue weighted by molar-refractivity contribution is -0.120. The molecule has 1 fully saturated rings. The molecule has 1 atom stereocenters. The smallest absolute Gasteiger partial charge is 0.217 e. The molecule has 126 valence electrons. The fourth-order valence-corrected chi connectivity index (χ4v) is 3.34. The molecule has 1 amide bonds. The molecule has 1 unspecified atom stereocenters. The zero-order valence-electron chi connectivity index (χ0n) is 14.3. The quantitative estimate of drug-likeness (QED) is 0.925. The molecule has 4 nitrogen and oxygen atoms in total. The monoisotopic (exact) mass is 324 g/mol. The Morgan fingerprint density at radius 2 is 1.75 bits per heavy atom. The van der Waals surface area contributed by atoms with E-state index in [9.17, 15) is 4.79 Å². The normalized spacial score (nSPS) is 20.5. The molecule has 1 heterocycles. The molecule has 2 aromatic carbocycles. The van der Waals surface area contributed by atoms with Crippen molar-refractivity contribution in [2.45, 2.75) is 32.2 Å². The van der Waals surface area contributed by atoms with E-state index >= 15 is 0 Å². The van der Waals surface area contributed by atoms with E-state index in [1.807, 2.05) is 42.5 Å². The van der Waals surface area contributed by atoms with Gasteiger partial charge < -0.3 is 15.0 Å². The van der Waals surface area contributed by atoms with Gasteiger partial charge in [0.25, 0.3) is 0 Å². The van der Waals surface area contributed by atoms with Crippen molar-refractivity contribution in [1.29, 1.82) is 0 Å². The van der Waals surface area contributed by atoms with Crippen LogP contribution >= 0.6 is 0 Å². The van der Waals surface area contributed by atoms with Crippen molar-refractivity contribution in [1.82, 2.24) is 5.32 Å². The molecule has 0 spiro atoms. The maximum absolute atomic E-state index is 11.4. The number of nitrogens with zero attached hydrogens (tertiary/aromatic N) is 1. The Balaban J connectivity index is 1.68. The summed E-state index contributed by atoms with van der Waals surface area (Å²) in [6, 6.07) is 17.9. The van der Waals surface area contributed by atoms with Gasteiger partial charge in [0.15, 0.2) is 0 Å². The van der Waals surface area contributed by atoms with Crippen molar-refractivity contribution in [2.24, 2.45) is 0 Å². The predicted molar refractivity (Wildman–Crippen MR) is 96.6 cm³/mol. The molecule has 2 aromatic rings. The molecule has 0 saturated carbocycles. The van der Waals surface area contributed by atoms with Crippen LogP contribution in [0.3, 0.4) is 0 Å². The van der Waals surface area contributed by atoms with Crippen molar-refractivity contribution < 1.29 is 9.53 Å². The molecule has 0 radical (unpaired) electrons. The van der Waals surface area contributed by atoms with Gasteiger partial charge in [0, 0.05) is 25.7 Å². The SMILES string of the molecule is CC(=O)NC1(C)CCCN(c2ccc(Oc3ccccc3)cc2)C1. The highest BCUT2D eigenvalue weighted by Crippen LogP contribution is 2.28. The minimum Gasteiger partial charge on any atom is -0.457 e. The average Bonchev–Trinajstić information content (AvgIpc) is 2.55.